The standard InChI is InChI=1S/C14H18BrFN2/c1-9(2)8-18(10(3)4)12-6-5-11(7-17)13(15)14(12)16/h5-6,9-10H,8H2,1-4H3. The van der Waals surface area contributed by atoms with E-state index in [-0.39, 0.29) is 16.3 Å². The normalized spacial score (nSPS) is 10.8. The van der Waals surface area contributed by atoms with Crippen LogP contribution in [0.2, 0.25) is 0 Å². The molecule has 0 unspecified atom stereocenters. The van der Waals surface area contributed by atoms with Gasteiger partial charge in [0.15, 0.2) is 5.82 Å². The lowest BCUT2D eigenvalue weighted by Crippen LogP contribution is -2.34. The number of benzene rings is 1. The molecular weight excluding hydrogens is 295 g/mol. The molecule has 0 aliphatic rings. The highest BCUT2D eigenvalue weighted by Crippen LogP contribution is 2.30. The van der Waals surface area contributed by atoms with Crippen molar-refractivity contribution in [3.05, 3.63) is 28.0 Å². The summed E-state index contributed by atoms with van der Waals surface area (Å²) in [6, 6.07) is 5.51. The van der Waals surface area contributed by atoms with Gasteiger partial charge in [-0.1, -0.05) is 13.8 Å². The lowest BCUT2D eigenvalue weighted by Gasteiger charge is -2.31. The third-order valence-electron chi connectivity index (χ3n) is 2.68. The lowest BCUT2D eigenvalue weighted by molar-refractivity contribution is 0.548. The van der Waals surface area contributed by atoms with Gasteiger partial charge < -0.3 is 4.90 Å². The van der Waals surface area contributed by atoms with E-state index in [0.717, 1.165) is 6.54 Å². The molecule has 1 rings (SSSR count). The molecule has 0 aromatic heterocycles. The maximum Gasteiger partial charge on any atom is 0.161 e. The Morgan fingerprint density at radius 1 is 1.33 bits per heavy atom. The summed E-state index contributed by atoms with van der Waals surface area (Å²) in [5.41, 5.74) is 0.870. The Morgan fingerprint density at radius 3 is 2.39 bits per heavy atom. The summed E-state index contributed by atoms with van der Waals surface area (Å²) in [5, 5.41) is 8.87. The van der Waals surface area contributed by atoms with Gasteiger partial charge >= 0.3 is 0 Å². The van der Waals surface area contributed by atoms with E-state index in [0.29, 0.717) is 17.2 Å². The highest BCUT2D eigenvalue weighted by molar-refractivity contribution is 9.10. The van der Waals surface area contributed by atoms with Crippen molar-refractivity contribution in [3.63, 3.8) is 0 Å². The van der Waals surface area contributed by atoms with E-state index in [1.807, 2.05) is 24.8 Å². The summed E-state index contributed by atoms with van der Waals surface area (Å²) in [5.74, 6) is 0.0876. The summed E-state index contributed by atoms with van der Waals surface area (Å²) >= 11 is 3.15. The Balaban J connectivity index is 3.22. The van der Waals surface area contributed by atoms with Crippen LogP contribution in [-0.4, -0.2) is 12.6 Å². The second-order valence-electron chi connectivity index (χ2n) is 5.01. The molecule has 1 aromatic rings. The molecule has 0 atom stereocenters. The first kappa shape index (κ1) is 15.0. The van der Waals surface area contributed by atoms with Gasteiger partial charge in [0.1, 0.15) is 6.07 Å². The quantitative estimate of drug-likeness (QED) is 0.827. The van der Waals surface area contributed by atoms with E-state index in [1.165, 1.54) is 0 Å². The van der Waals surface area contributed by atoms with Crippen molar-refractivity contribution in [1.82, 2.24) is 0 Å². The fraction of sp³-hybridized carbons (Fsp3) is 0.500. The Kier molecular flexibility index (Phi) is 5.15. The molecule has 98 valence electrons. The summed E-state index contributed by atoms with van der Waals surface area (Å²) < 4.78 is 14.5. The maximum atomic E-state index is 14.3. The minimum absolute atomic E-state index is 0.210. The third kappa shape index (κ3) is 3.23. The number of nitrogens with zero attached hydrogens (tertiary/aromatic N) is 2. The highest BCUT2D eigenvalue weighted by Gasteiger charge is 2.19. The summed E-state index contributed by atoms with van der Waals surface area (Å²) in [4.78, 5) is 2.02. The third-order valence-corrected chi connectivity index (χ3v) is 3.45. The van der Waals surface area contributed by atoms with Crippen LogP contribution in [0.5, 0.6) is 0 Å². The fourth-order valence-electron chi connectivity index (χ4n) is 1.83. The van der Waals surface area contributed by atoms with Crippen molar-refractivity contribution >= 4 is 21.6 Å². The van der Waals surface area contributed by atoms with Crippen LogP contribution in [-0.2, 0) is 0 Å². The van der Waals surface area contributed by atoms with Gasteiger partial charge in [-0.25, -0.2) is 4.39 Å². The molecule has 0 spiro atoms. The van der Waals surface area contributed by atoms with E-state index in [4.69, 9.17) is 5.26 Å². The van der Waals surface area contributed by atoms with Gasteiger partial charge in [-0.15, -0.1) is 0 Å². The SMILES string of the molecule is CC(C)CN(c1ccc(C#N)c(Br)c1F)C(C)C. The summed E-state index contributed by atoms with van der Waals surface area (Å²) in [6.07, 6.45) is 0. The molecule has 0 aliphatic carbocycles. The molecule has 0 N–H and O–H groups in total. The topological polar surface area (TPSA) is 27.0 Å². The predicted molar refractivity (Wildman–Crippen MR) is 76.1 cm³/mol. The number of nitriles is 1. The number of anilines is 1. The van der Waals surface area contributed by atoms with Crippen LogP contribution in [0, 0.1) is 23.1 Å². The van der Waals surface area contributed by atoms with Crippen LogP contribution in [0.4, 0.5) is 10.1 Å². The van der Waals surface area contributed by atoms with Crippen molar-refractivity contribution in [2.45, 2.75) is 33.7 Å². The zero-order chi connectivity index (χ0) is 13.9. The van der Waals surface area contributed by atoms with Crippen LogP contribution in [0.15, 0.2) is 16.6 Å². The first-order valence-electron chi connectivity index (χ1n) is 6.03. The number of hydrogen-bond donors (Lipinski definition) is 0. The van der Waals surface area contributed by atoms with Crippen molar-refractivity contribution in [2.75, 3.05) is 11.4 Å². The molecule has 4 heteroatoms. The molecule has 2 nitrogen and oxygen atoms in total. The molecule has 0 saturated carbocycles. The first-order valence-corrected chi connectivity index (χ1v) is 6.82. The minimum atomic E-state index is -0.358. The van der Waals surface area contributed by atoms with Gasteiger partial charge in [-0.2, -0.15) is 5.26 Å². The lowest BCUT2D eigenvalue weighted by atomic mass is 10.1. The van der Waals surface area contributed by atoms with Crippen molar-refractivity contribution in [1.29, 1.82) is 5.26 Å². The summed E-state index contributed by atoms with van der Waals surface area (Å²) in [7, 11) is 0. The fourth-order valence-corrected chi connectivity index (χ4v) is 2.25. The van der Waals surface area contributed by atoms with Gasteiger partial charge in [-0.05, 0) is 47.8 Å². The van der Waals surface area contributed by atoms with E-state index in [9.17, 15) is 4.39 Å². The molecule has 1 aromatic carbocycles. The average Bonchev–Trinajstić information content (AvgIpc) is 2.29. The Labute approximate surface area is 117 Å². The van der Waals surface area contributed by atoms with Crippen LogP contribution in [0.25, 0.3) is 0 Å². The highest BCUT2D eigenvalue weighted by atomic mass is 79.9. The van der Waals surface area contributed by atoms with E-state index < -0.39 is 0 Å². The van der Waals surface area contributed by atoms with Crippen molar-refractivity contribution < 1.29 is 4.39 Å². The number of rotatable bonds is 4. The molecule has 0 fully saturated rings. The Hall–Kier alpha value is -1.08. The van der Waals surface area contributed by atoms with Crippen molar-refractivity contribution in [3.8, 4) is 6.07 Å². The average molecular weight is 313 g/mol. The molecule has 0 aliphatic heterocycles. The van der Waals surface area contributed by atoms with E-state index in [2.05, 4.69) is 29.8 Å². The predicted octanol–water partition coefficient (Wildman–Crippen LogP) is 4.33. The first-order chi connectivity index (χ1) is 8.38. The number of hydrogen-bond acceptors (Lipinski definition) is 2. The monoisotopic (exact) mass is 312 g/mol. The van der Waals surface area contributed by atoms with Gasteiger partial charge in [0.25, 0.3) is 0 Å². The second kappa shape index (κ2) is 6.19. The zero-order valence-corrected chi connectivity index (χ0v) is 12.8. The van der Waals surface area contributed by atoms with Gasteiger partial charge in [0, 0.05) is 12.6 Å². The second-order valence-corrected chi connectivity index (χ2v) is 5.80. The van der Waals surface area contributed by atoms with E-state index in [1.54, 1.807) is 12.1 Å². The van der Waals surface area contributed by atoms with Crippen LogP contribution in [0.3, 0.4) is 0 Å². The molecule has 0 saturated heterocycles. The van der Waals surface area contributed by atoms with Gasteiger partial charge in [0.2, 0.25) is 0 Å². The van der Waals surface area contributed by atoms with Gasteiger partial charge in [-0.3, -0.25) is 0 Å². The molecule has 0 heterocycles. The smallest absolute Gasteiger partial charge is 0.161 e. The molecule has 0 amide bonds. The van der Waals surface area contributed by atoms with Crippen LogP contribution in [0.1, 0.15) is 33.3 Å². The molecule has 0 radical (unpaired) electrons. The van der Waals surface area contributed by atoms with Crippen molar-refractivity contribution in [2.24, 2.45) is 5.92 Å². The molecular formula is C14H18BrFN2. The van der Waals surface area contributed by atoms with Crippen LogP contribution < -0.4 is 4.90 Å². The maximum absolute atomic E-state index is 14.3. The largest absolute Gasteiger partial charge is 0.366 e. The Bertz CT molecular complexity index is 464. The minimum Gasteiger partial charge on any atom is -0.366 e. The van der Waals surface area contributed by atoms with Crippen LogP contribution >= 0.6 is 15.9 Å². The zero-order valence-electron chi connectivity index (χ0n) is 11.2. The molecule has 0 bridgehead atoms. The summed E-state index contributed by atoms with van der Waals surface area (Å²) in [6.45, 7) is 9.06. The number of halogens is 2. The molecule has 18 heavy (non-hydrogen) atoms. The Morgan fingerprint density at radius 2 is 1.94 bits per heavy atom. The van der Waals surface area contributed by atoms with Gasteiger partial charge in [0.05, 0.1) is 15.7 Å². The van der Waals surface area contributed by atoms with E-state index >= 15 is 0 Å².